The summed E-state index contributed by atoms with van der Waals surface area (Å²) in [5.74, 6) is -0.886. The van der Waals surface area contributed by atoms with E-state index >= 15 is 0 Å². The third kappa shape index (κ3) is 2.46. The molecule has 0 aliphatic carbocycles. The first-order valence-corrected chi connectivity index (χ1v) is 7.57. The number of rotatable bonds is 1. The summed E-state index contributed by atoms with van der Waals surface area (Å²) in [7, 11) is -4.51. The maximum Gasteiger partial charge on any atom is 0.474 e. The number of ether oxygens (including phenoxy) is 1. The Morgan fingerprint density at radius 1 is 1.38 bits per heavy atom. The molecule has 2 bridgehead atoms. The molecule has 1 amide bonds. The normalized spacial score (nSPS) is 49.4. The van der Waals surface area contributed by atoms with Crippen molar-refractivity contribution in [1.82, 2.24) is 4.90 Å². The summed E-state index contributed by atoms with van der Waals surface area (Å²) in [5, 5.41) is 19.8. The van der Waals surface area contributed by atoms with Gasteiger partial charge in [-0.15, -0.1) is 0 Å². The number of carbonyl (C=O) groups is 1. The van der Waals surface area contributed by atoms with Crippen LogP contribution in [0.25, 0.3) is 0 Å². The highest BCUT2D eigenvalue weighted by molar-refractivity contribution is 7.47. The summed E-state index contributed by atoms with van der Waals surface area (Å²) >= 11 is 0. The van der Waals surface area contributed by atoms with Gasteiger partial charge in [0.25, 0.3) is 0 Å². The molecule has 0 aromatic carbocycles. The van der Waals surface area contributed by atoms with E-state index in [2.05, 4.69) is 4.99 Å². The fourth-order valence-electron chi connectivity index (χ4n) is 2.44. The summed E-state index contributed by atoms with van der Waals surface area (Å²) in [6.45, 7) is -0.457. The zero-order valence-corrected chi connectivity index (χ0v) is 11.4. The third-order valence-corrected chi connectivity index (χ3v) is 4.45. The fourth-order valence-corrected chi connectivity index (χ4v) is 3.33. The van der Waals surface area contributed by atoms with Crippen LogP contribution in [0.2, 0.25) is 0 Å². The molecule has 0 radical (unpaired) electrons. The molecule has 12 heteroatoms. The van der Waals surface area contributed by atoms with Crippen LogP contribution >= 0.6 is 7.82 Å². The summed E-state index contributed by atoms with van der Waals surface area (Å²) in [4.78, 5) is 25.9. The van der Waals surface area contributed by atoms with Crippen LogP contribution in [0.4, 0.5) is 0 Å². The SMILES string of the molecule is NC(=O)C1N=CN2C1OP(=O)(O)OCC1OC2C(O)C1O. The number of carbonyl (C=O) groups excluding carboxylic acids is 1. The van der Waals surface area contributed by atoms with Crippen LogP contribution in [0, 0.1) is 0 Å². The number of nitrogens with zero attached hydrogens (tertiary/aromatic N) is 2. The van der Waals surface area contributed by atoms with E-state index in [1.54, 1.807) is 0 Å². The molecule has 21 heavy (non-hydrogen) atoms. The Balaban J connectivity index is 1.96. The lowest BCUT2D eigenvalue weighted by Gasteiger charge is -2.32. The second-order valence-electron chi connectivity index (χ2n) is 4.87. The van der Waals surface area contributed by atoms with Gasteiger partial charge in [-0.1, -0.05) is 0 Å². The highest BCUT2D eigenvalue weighted by Crippen LogP contribution is 2.48. The molecule has 0 spiro atoms. The van der Waals surface area contributed by atoms with Crippen molar-refractivity contribution in [3.63, 3.8) is 0 Å². The number of aliphatic hydroxyl groups excluding tert-OH is 2. The lowest BCUT2D eigenvalue weighted by Crippen LogP contribution is -2.52. The molecule has 3 heterocycles. The van der Waals surface area contributed by atoms with Crippen molar-refractivity contribution < 1.29 is 38.3 Å². The van der Waals surface area contributed by atoms with Crippen LogP contribution in [0.15, 0.2) is 4.99 Å². The second kappa shape index (κ2) is 4.99. The Labute approximate surface area is 118 Å². The number of fused-ring (bicyclic) bond motifs is 4. The molecule has 118 valence electrons. The lowest BCUT2D eigenvalue weighted by molar-refractivity contribution is -0.128. The van der Waals surface area contributed by atoms with Gasteiger partial charge >= 0.3 is 7.82 Å². The number of phosphoric ester groups is 1. The van der Waals surface area contributed by atoms with Gasteiger partial charge in [-0.05, 0) is 0 Å². The maximum absolute atomic E-state index is 11.8. The molecule has 2 fully saturated rings. The number of nitrogens with two attached hydrogens (primary N) is 1. The van der Waals surface area contributed by atoms with Crippen molar-refractivity contribution in [3.05, 3.63) is 0 Å². The first-order chi connectivity index (χ1) is 9.80. The Kier molecular flexibility index (Phi) is 3.53. The largest absolute Gasteiger partial charge is 0.474 e. The standard InChI is InChI=1S/C9H14N3O8P/c10-7(15)4-8-12(2-11-4)9-6(14)5(13)3(19-9)1-18-21(16,17)20-8/h2-6,8-9,13-14H,1H2,(H2,10,15)(H,16,17). The Morgan fingerprint density at radius 3 is 2.76 bits per heavy atom. The maximum atomic E-state index is 11.8. The van der Waals surface area contributed by atoms with E-state index in [-0.39, 0.29) is 0 Å². The van der Waals surface area contributed by atoms with Crippen LogP contribution < -0.4 is 5.73 Å². The van der Waals surface area contributed by atoms with Crippen LogP contribution in [0.1, 0.15) is 0 Å². The van der Waals surface area contributed by atoms with E-state index < -0.39 is 57.1 Å². The quantitative estimate of drug-likeness (QED) is 0.370. The van der Waals surface area contributed by atoms with E-state index in [0.29, 0.717) is 0 Å². The van der Waals surface area contributed by atoms with Crippen molar-refractivity contribution in [2.75, 3.05) is 6.61 Å². The highest BCUT2D eigenvalue weighted by Gasteiger charge is 2.53. The minimum absolute atomic E-state index is 0.457. The molecule has 3 aliphatic rings. The van der Waals surface area contributed by atoms with Gasteiger partial charge in [0, 0.05) is 0 Å². The van der Waals surface area contributed by atoms with E-state index in [4.69, 9.17) is 19.5 Å². The van der Waals surface area contributed by atoms with Gasteiger partial charge in [-0.25, -0.2) is 4.57 Å². The molecular weight excluding hydrogens is 309 g/mol. The van der Waals surface area contributed by atoms with E-state index in [1.807, 2.05) is 0 Å². The summed E-state index contributed by atoms with van der Waals surface area (Å²) < 4.78 is 26.8. The van der Waals surface area contributed by atoms with Gasteiger partial charge < -0.3 is 30.5 Å². The number of primary amides is 1. The van der Waals surface area contributed by atoms with E-state index in [9.17, 15) is 24.5 Å². The zero-order chi connectivity index (χ0) is 15.4. The average Bonchev–Trinajstić information content (AvgIpc) is 2.91. The van der Waals surface area contributed by atoms with Crippen molar-refractivity contribution in [3.8, 4) is 0 Å². The smallest absolute Gasteiger partial charge is 0.387 e. The first-order valence-electron chi connectivity index (χ1n) is 6.07. The molecule has 3 rings (SSSR count). The second-order valence-corrected chi connectivity index (χ2v) is 6.27. The molecule has 7 unspecified atom stereocenters. The number of aliphatic hydroxyl groups is 2. The minimum atomic E-state index is -4.51. The number of phosphoric acid groups is 1. The van der Waals surface area contributed by atoms with Gasteiger partial charge in [0.2, 0.25) is 5.91 Å². The predicted molar refractivity (Wildman–Crippen MR) is 64.6 cm³/mol. The van der Waals surface area contributed by atoms with Crippen molar-refractivity contribution >= 4 is 20.1 Å². The molecule has 0 saturated carbocycles. The molecule has 0 aromatic heterocycles. The van der Waals surface area contributed by atoms with Crippen LogP contribution in [0.3, 0.4) is 0 Å². The number of hydrogen-bond acceptors (Lipinski definition) is 9. The molecule has 5 N–H and O–H groups in total. The number of hydrogen-bond donors (Lipinski definition) is 4. The Morgan fingerprint density at radius 2 is 2.10 bits per heavy atom. The summed E-state index contributed by atoms with van der Waals surface area (Å²) in [6, 6.07) is -1.26. The van der Waals surface area contributed by atoms with Gasteiger partial charge in [-0.3, -0.25) is 18.8 Å². The number of amides is 1. The van der Waals surface area contributed by atoms with Crippen molar-refractivity contribution in [2.45, 2.75) is 36.8 Å². The Bertz CT molecular complexity index is 529. The molecule has 7 atom stereocenters. The van der Waals surface area contributed by atoms with E-state index in [0.717, 1.165) is 11.2 Å². The van der Waals surface area contributed by atoms with Crippen LogP contribution in [-0.2, 0) is 23.1 Å². The topological polar surface area (TPSA) is 164 Å². The zero-order valence-electron chi connectivity index (χ0n) is 10.6. The highest BCUT2D eigenvalue weighted by atomic mass is 31.2. The molecule has 11 nitrogen and oxygen atoms in total. The average molecular weight is 323 g/mol. The van der Waals surface area contributed by atoms with E-state index in [1.165, 1.54) is 0 Å². The summed E-state index contributed by atoms with van der Waals surface area (Å²) in [5.41, 5.74) is 5.16. The lowest BCUT2D eigenvalue weighted by atomic mass is 10.1. The van der Waals surface area contributed by atoms with Gasteiger partial charge in [0.15, 0.2) is 18.5 Å². The van der Waals surface area contributed by atoms with Crippen LogP contribution in [0.5, 0.6) is 0 Å². The molecular formula is C9H14N3O8P. The minimum Gasteiger partial charge on any atom is -0.387 e. The summed E-state index contributed by atoms with van der Waals surface area (Å²) in [6.07, 6.45) is -5.04. The van der Waals surface area contributed by atoms with Crippen molar-refractivity contribution in [2.24, 2.45) is 10.7 Å². The molecule has 3 aliphatic heterocycles. The fraction of sp³-hybridized carbons (Fsp3) is 0.778. The monoisotopic (exact) mass is 323 g/mol. The van der Waals surface area contributed by atoms with Gasteiger partial charge in [0.05, 0.1) is 12.9 Å². The third-order valence-electron chi connectivity index (χ3n) is 3.49. The van der Waals surface area contributed by atoms with Gasteiger partial charge in [0.1, 0.15) is 18.3 Å². The van der Waals surface area contributed by atoms with Gasteiger partial charge in [-0.2, -0.15) is 0 Å². The predicted octanol–water partition coefficient (Wildman–Crippen LogP) is -2.90. The number of aliphatic imine (C=N–C) groups is 1. The molecule has 0 aromatic rings. The van der Waals surface area contributed by atoms with Crippen LogP contribution in [-0.4, -0.2) is 75.7 Å². The first kappa shape index (κ1) is 14.9. The molecule has 2 saturated heterocycles. The Hall–Kier alpha value is -1.07. The van der Waals surface area contributed by atoms with Crippen molar-refractivity contribution in [1.29, 1.82) is 0 Å².